The van der Waals surface area contributed by atoms with Crippen LogP contribution in [0.1, 0.15) is 23.8 Å². The normalized spacial score (nSPS) is 25.8. The van der Waals surface area contributed by atoms with Crippen LogP contribution in [0.4, 0.5) is 0 Å². The van der Waals surface area contributed by atoms with Crippen molar-refractivity contribution in [2.75, 3.05) is 13.1 Å². The molecule has 1 saturated heterocycles. The van der Waals surface area contributed by atoms with E-state index in [1.807, 2.05) is 6.92 Å². The van der Waals surface area contributed by atoms with E-state index in [-0.39, 0.29) is 11.8 Å². The Balaban J connectivity index is 2.09. The molecule has 0 spiro atoms. The van der Waals surface area contributed by atoms with E-state index < -0.39 is 6.10 Å². The van der Waals surface area contributed by atoms with Crippen LogP contribution in [-0.4, -0.2) is 44.7 Å². The second-order valence-electron chi connectivity index (χ2n) is 4.47. The van der Waals surface area contributed by atoms with Gasteiger partial charge in [0.1, 0.15) is 5.69 Å². The van der Waals surface area contributed by atoms with E-state index in [0.29, 0.717) is 18.8 Å². The molecular weight excluding hydrogens is 206 g/mol. The number of carbonyl (C=O) groups is 1. The average Bonchev–Trinajstić information content (AvgIpc) is 2.67. The van der Waals surface area contributed by atoms with Gasteiger partial charge in [-0.15, -0.1) is 0 Å². The van der Waals surface area contributed by atoms with E-state index in [1.54, 1.807) is 29.0 Å². The summed E-state index contributed by atoms with van der Waals surface area (Å²) in [4.78, 5) is 17.7. The summed E-state index contributed by atoms with van der Waals surface area (Å²) in [6.07, 6.45) is 3.61. The molecule has 16 heavy (non-hydrogen) atoms. The largest absolute Gasteiger partial charge is 0.391 e. The van der Waals surface area contributed by atoms with E-state index in [9.17, 15) is 9.90 Å². The van der Waals surface area contributed by atoms with Gasteiger partial charge in [-0.3, -0.25) is 4.79 Å². The first-order valence-corrected chi connectivity index (χ1v) is 5.53. The van der Waals surface area contributed by atoms with Crippen LogP contribution in [0, 0.1) is 5.92 Å². The third-order valence-electron chi connectivity index (χ3n) is 3.24. The number of aliphatic hydroxyl groups excluding tert-OH is 1. The molecule has 1 aliphatic rings. The van der Waals surface area contributed by atoms with Crippen molar-refractivity contribution in [3.05, 3.63) is 18.2 Å². The highest BCUT2D eigenvalue weighted by molar-refractivity contribution is 5.92. The number of aliphatic hydroxyl groups is 1. The zero-order valence-electron chi connectivity index (χ0n) is 9.63. The molecule has 1 aromatic heterocycles. The van der Waals surface area contributed by atoms with Gasteiger partial charge in [0.05, 0.1) is 18.6 Å². The molecule has 0 saturated carbocycles. The summed E-state index contributed by atoms with van der Waals surface area (Å²) >= 11 is 0. The summed E-state index contributed by atoms with van der Waals surface area (Å²) in [5, 5.41) is 9.75. The molecular formula is C11H17N3O2. The summed E-state index contributed by atoms with van der Waals surface area (Å²) in [6.45, 7) is 3.14. The van der Waals surface area contributed by atoms with E-state index >= 15 is 0 Å². The Morgan fingerprint density at radius 3 is 2.94 bits per heavy atom. The third-order valence-corrected chi connectivity index (χ3v) is 3.24. The van der Waals surface area contributed by atoms with Gasteiger partial charge in [0, 0.05) is 20.1 Å². The van der Waals surface area contributed by atoms with Crippen LogP contribution in [0.15, 0.2) is 12.5 Å². The first kappa shape index (κ1) is 11.1. The summed E-state index contributed by atoms with van der Waals surface area (Å²) in [6, 6.07) is 0. The number of nitrogens with zero attached hydrogens (tertiary/aromatic N) is 3. The van der Waals surface area contributed by atoms with Gasteiger partial charge in [0.15, 0.2) is 0 Å². The van der Waals surface area contributed by atoms with Crippen LogP contribution in [0.5, 0.6) is 0 Å². The van der Waals surface area contributed by atoms with Gasteiger partial charge in [0.2, 0.25) is 0 Å². The Hall–Kier alpha value is -1.36. The first-order valence-electron chi connectivity index (χ1n) is 5.53. The molecule has 88 valence electrons. The minimum atomic E-state index is -0.411. The molecule has 2 heterocycles. The lowest BCUT2D eigenvalue weighted by molar-refractivity contribution is 0.0243. The standard InChI is InChI=1S/C11H17N3O2/c1-8-3-4-14(6-10(8)15)11(16)9-5-12-7-13(9)2/h5,7-8,10,15H,3-4,6H2,1-2H3. The molecule has 5 nitrogen and oxygen atoms in total. The quantitative estimate of drug-likeness (QED) is 0.743. The fourth-order valence-electron chi connectivity index (χ4n) is 1.96. The van der Waals surface area contributed by atoms with Crippen LogP contribution >= 0.6 is 0 Å². The molecule has 1 amide bonds. The van der Waals surface area contributed by atoms with Crippen LogP contribution < -0.4 is 0 Å². The predicted octanol–water partition coefficient (Wildman–Crippen LogP) is 0.263. The molecule has 1 aliphatic heterocycles. The number of amides is 1. The lowest BCUT2D eigenvalue weighted by atomic mass is 9.96. The van der Waals surface area contributed by atoms with Crippen molar-refractivity contribution >= 4 is 5.91 Å². The van der Waals surface area contributed by atoms with Crippen molar-refractivity contribution in [2.45, 2.75) is 19.4 Å². The Morgan fingerprint density at radius 2 is 2.38 bits per heavy atom. The minimum Gasteiger partial charge on any atom is -0.391 e. The van der Waals surface area contributed by atoms with Gasteiger partial charge in [-0.25, -0.2) is 4.98 Å². The van der Waals surface area contributed by atoms with E-state index in [1.165, 1.54) is 0 Å². The molecule has 1 N–H and O–H groups in total. The SMILES string of the molecule is CC1CCN(C(=O)c2cncn2C)CC1O. The number of aryl methyl sites for hydroxylation is 1. The van der Waals surface area contributed by atoms with Gasteiger partial charge in [-0.2, -0.15) is 0 Å². The fraction of sp³-hybridized carbons (Fsp3) is 0.636. The van der Waals surface area contributed by atoms with Crippen molar-refractivity contribution in [1.29, 1.82) is 0 Å². The minimum absolute atomic E-state index is 0.0500. The van der Waals surface area contributed by atoms with Gasteiger partial charge >= 0.3 is 0 Å². The zero-order valence-corrected chi connectivity index (χ0v) is 9.63. The Morgan fingerprint density at radius 1 is 1.62 bits per heavy atom. The average molecular weight is 223 g/mol. The van der Waals surface area contributed by atoms with Crippen LogP contribution in [0.2, 0.25) is 0 Å². The zero-order chi connectivity index (χ0) is 11.7. The maximum atomic E-state index is 12.1. The summed E-state index contributed by atoms with van der Waals surface area (Å²) < 4.78 is 1.70. The predicted molar refractivity (Wildman–Crippen MR) is 58.9 cm³/mol. The van der Waals surface area contributed by atoms with Crippen molar-refractivity contribution in [3.8, 4) is 0 Å². The number of aromatic nitrogens is 2. The summed E-state index contributed by atoms with van der Waals surface area (Å²) in [5.41, 5.74) is 0.571. The van der Waals surface area contributed by atoms with Gasteiger partial charge in [-0.05, 0) is 12.3 Å². The van der Waals surface area contributed by atoms with Gasteiger partial charge in [0.25, 0.3) is 5.91 Å². The van der Waals surface area contributed by atoms with Crippen molar-refractivity contribution in [3.63, 3.8) is 0 Å². The monoisotopic (exact) mass is 223 g/mol. The molecule has 1 fully saturated rings. The highest BCUT2D eigenvalue weighted by atomic mass is 16.3. The maximum absolute atomic E-state index is 12.1. The molecule has 2 atom stereocenters. The number of imidazole rings is 1. The molecule has 2 rings (SSSR count). The smallest absolute Gasteiger partial charge is 0.272 e. The summed E-state index contributed by atoms with van der Waals surface area (Å²) in [5.74, 6) is 0.224. The van der Waals surface area contributed by atoms with E-state index in [2.05, 4.69) is 4.98 Å². The molecule has 0 aliphatic carbocycles. The van der Waals surface area contributed by atoms with Crippen molar-refractivity contribution in [1.82, 2.24) is 14.5 Å². The third kappa shape index (κ3) is 1.95. The number of piperidine rings is 1. The Labute approximate surface area is 94.7 Å². The lowest BCUT2D eigenvalue weighted by Gasteiger charge is -2.34. The molecule has 0 bridgehead atoms. The second kappa shape index (κ2) is 4.25. The Kier molecular flexibility index (Phi) is 2.96. The van der Waals surface area contributed by atoms with E-state index in [4.69, 9.17) is 0 Å². The number of β-amino-alcohol motifs (C(OH)–C–C–N with tert-alkyl or cyclic N) is 1. The van der Waals surface area contributed by atoms with Gasteiger partial charge in [-0.1, -0.05) is 6.92 Å². The highest BCUT2D eigenvalue weighted by Crippen LogP contribution is 2.18. The second-order valence-corrected chi connectivity index (χ2v) is 4.47. The van der Waals surface area contributed by atoms with E-state index in [0.717, 1.165) is 6.42 Å². The van der Waals surface area contributed by atoms with Crippen molar-refractivity contribution < 1.29 is 9.90 Å². The highest BCUT2D eigenvalue weighted by Gasteiger charge is 2.28. The maximum Gasteiger partial charge on any atom is 0.272 e. The molecule has 0 radical (unpaired) electrons. The number of carbonyl (C=O) groups excluding carboxylic acids is 1. The van der Waals surface area contributed by atoms with Crippen LogP contribution in [0.3, 0.4) is 0 Å². The topological polar surface area (TPSA) is 58.4 Å². The van der Waals surface area contributed by atoms with Crippen LogP contribution in [-0.2, 0) is 7.05 Å². The number of likely N-dealkylation sites (tertiary alicyclic amines) is 1. The number of hydrogen-bond acceptors (Lipinski definition) is 3. The van der Waals surface area contributed by atoms with Crippen molar-refractivity contribution in [2.24, 2.45) is 13.0 Å². The van der Waals surface area contributed by atoms with Crippen LogP contribution in [0.25, 0.3) is 0 Å². The lowest BCUT2D eigenvalue weighted by Crippen LogP contribution is -2.46. The molecule has 1 aromatic rings. The molecule has 2 unspecified atom stereocenters. The molecule has 5 heteroatoms. The molecule has 0 aromatic carbocycles. The Bertz CT molecular complexity index is 388. The fourth-order valence-corrected chi connectivity index (χ4v) is 1.96. The first-order chi connectivity index (χ1) is 7.59. The van der Waals surface area contributed by atoms with Gasteiger partial charge < -0.3 is 14.6 Å². The summed E-state index contributed by atoms with van der Waals surface area (Å²) in [7, 11) is 1.79. The number of rotatable bonds is 1. The number of hydrogen-bond donors (Lipinski definition) is 1.